The summed E-state index contributed by atoms with van der Waals surface area (Å²) in [5.74, 6) is -0.437. The van der Waals surface area contributed by atoms with E-state index in [9.17, 15) is 4.79 Å². The van der Waals surface area contributed by atoms with E-state index in [0.717, 1.165) is 36.0 Å². The standard InChI is InChI=1S/C35H45FO2/c1-4-6-8-9-10-11-12-15-27-35(3,36)34(37)38-31-25-23-30(24-26-31)33-18-14-13-17-32(33)29-21-19-28(20-22-29)16-7-5-2/h13-14,17-26H,4-12,15-16,27H2,1-3H3. The predicted molar refractivity (Wildman–Crippen MR) is 158 cm³/mol. The third-order valence-corrected chi connectivity index (χ3v) is 7.31. The van der Waals surface area contributed by atoms with E-state index in [0.29, 0.717) is 12.2 Å². The first-order valence-corrected chi connectivity index (χ1v) is 14.6. The number of carbonyl (C=O) groups is 1. The van der Waals surface area contributed by atoms with Gasteiger partial charge in [-0.3, -0.25) is 0 Å². The molecule has 0 aromatic heterocycles. The van der Waals surface area contributed by atoms with Gasteiger partial charge in [-0.1, -0.05) is 126 Å². The van der Waals surface area contributed by atoms with Crippen LogP contribution in [0.5, 0.6) is 5.75 Å². The molecule has 3 rings (SSSR count). The van der Waals surface area contributed by atoms with Gasteiger partial charge in [0.25, 0.3) is 0 Å². The van der Waals surface area contributed by atoms with Gasteiger partial charge in [0.2, 0.25) is 5.67 Å². The Morgan fingerprint density at radius 2 is 1.18 bits per heavy atom. The summed E-state index contributed by atoms with van der Waals surface area (Å²) < 4.78 is 20.5. The Hall–Kier alpha value is -2.94. The Morgan fingerprint density at radius 3 is 1.74 bits per heavy atom. The van der Waals surface area contributed by atoms with Crippen molar-refractivity contribution < 1.29 is 13.9 Å². The molecule has 0 spiro atoms. The molecule has 0 fully saturated rings. The van der Waals surface area contributed by atoms with Gasteiger partial charge < -0.3 is 4.74 Å². The van der Waals surface area contributed by atoms with Gasteiger partial charge in [-0.05, 0) is 72.6 Å². The maximum Gasteiger partial charge on any atom is 0.348 e. The third kappa shape index (κ3) is 9.11. The molecule has 2 nitrogen and oxygen atoms in total. The van der Waals surface area contributed by atoms with Crippen LogP contribution in [0.1, 0.15) is 97.0 Å². The Labute approximate surface area is 229 Å². The highest BCUT2D eigenvalue weighted by molar-refractivity contribution is 5.84. The van der Waals surface area contributed by atoms with E-state index in [2.05, 4.69) is 56.3 Å². The monoisotopic (exact) mass is 516 g/mol. The first-order valence-electron chi connectivity index (χ1n) is 14.6. The fourth-order valence-electron chi connectivity index (χ4n) is 4.83. The van der Waals surface area contributed by atoms with Crippen molar-refractivity contribution in [2.45, 2.75) is 103 Å². The summed E-state index contributed by atoms with van der Waals surface area (Å²) in [5, 5.41) is 0. The largest absolute Gasteiger partial charge is 0.424 e. The Morgan fingerprint density at radius 1 is 0.684 bits per heavy atom. The zero-order chi connectivity index (χ0) is 27.2. The van der Waals surface area contributed by atoms with E-state index >= 15 is 4.39 Å². The topological polar surface area (TPSA) is 26.3 Å². The summed E-state index contributed by atoms with van der Waals surface area (Å²) in [6.07, 6.45) is 12.7. The maximum absolute atomic E-state index is 15.1. The summed E-state index contributed by atoms with van der Waals surface area (Å²) in [6, 6.07) is 24.5. The van der Waals surface area contributed by atoms with Gasteiger partial charge in [0.15, 0.2) is 0 Å². The molecule has 0 bridgehead atoms. The van der Waals surface area contributed by atoms with E-state index < -0.39 is 11.6 Å². The van der Waals surface area contributed by atoms with E-state index in [-0.39, 0.29) is 6.42 Å². The normalized spacial score (nSPS) is 12.7. The molecule has 0 N–H and O–H groups in total. The molecule has 0 saturated heterocycles. The first kappa shape index (κ1) is 29.6. The van der Waals surface area contributed by atoms with Crippen molar-refractivity contribution in [1.82, 2.24) is 0 Å². The lowest BCUT2D eigenvalue weighted by atomic mass is 9.93. The Kier molecular flexibility index (Phi) is 12.1. The zero-order valence-electron chi connectivity index (χ0n) is 23.6. The number of benzene rings is 3. The van der Waals surface area contributed by atoms with Crippen LogP contribution in [0.4, 0.5) is 4.39 Å². The minimum Gasteiger partial charge on any atom is -0.424 e. The number of aryl methyl sites for hydroxylation is 1. The van der Waals surface area contributed by atoms with Gasteiger partial charge in [0.1, 0.15) is 5.75 Å². The van der Waals surface area contributed by atoms with Gasteiger partial charge in [-0.2, -0.15) is 0 Å². The quantitative estimate of drug-likeness (QED) is 0.107. The summed E-state index contributed by atoms with van der Waals surface area (Å²) in [6.45, 7) is 5.77. The predicted octanol–water partition coefficient (Wildman–Crippen LogP) is 10.5. The molecule has 3 aromatic rings. The molecular formula is C35H45FO2. The van der Waals surface area contributed by atoms with Crippen LogP contribution in [-0.4, -0.2) is 11.6 Å². The summed E-state index contributed by atoms with van der Waals surface area (Å²) in [5.41, 5.74) is 3.85. The fourth-order valence-corrected chi connectivity index (χ4v) is 4.83. The second kappa shape index (κ2) is 15.5. The van der Waals surface area contributed by atoms with Gasteiger partial charge in [0.05, 0.1) is 0 Å². The molecule has 0 amide bonds. The number of halogens is 1. The molecule has 0 saturated carbocycles. The van der Waals surface area contributed by atoms with Crippen LogP contribution in [0.15, 0.2) is 72.8 Å². The van der Waals surface area contributed by atoms with Gasteiger partial charge in [-0.15, -0.1) is 0 Å². The smallest absolute Gasteiger partial charge is 0.348 e. The van der Waals surface area contributed by atoms with E-state index in [1.54, 1.807) is 12.1 Å². The van der Waals surface area contributed by atoms with Crippen LogP contribution >= 0.6 is 0 Å². The first-order chi connectivity index (χ1) is 18.4. The minimum atomic E-state index is -1.98. The van der Waals surface area contributed by atoms with Gasteiger partial charge >= 0.3 is 5.97 Å². The van der Waals surface area contributed by atoms with E-state index in [1.807, 2.05) is 18.2 Å². The Balaban J connectivity index is 1.57. The molecule has 1 unspecified atom stereocenters. The molecule has 0 aliphatic heterocycles. The van der Waals surface area contributed by atoms with Gasteiger partial charge in [0, 0.05) is 0 Å². The third-order valence-electron chi connectivity index (χ3n) is 7.31. The molecule has 0 aliphatic rings. The van der Waals surface area contributed by atoms with Crippen LogP contribution < -0.4 is 4.74 Å². The van der Waals surface area contributed by atoms with E-state index in [4.69, 9.17) is 4.74 Å². The number of esters is 1. The molecule has 1 atom stereocenters. The average Bonchev–Trinajstić information content (AvgIpc) is 2.94. The molecule has 3 heteroatoms. The Bertz CT molecular complexity index is 1100. The summed E-state index contributed by atoms with van der Waals surface area (Å²) in [4.78, 5) is 12.6. The lowest BCUT2D eigenvalue weighted by molar-refractivity contribution is -0.147. The summed E-state index contributed by atoms with van der Waals surface area (Å²) >= 11 is 0. The molecule has 38 heavy (non-hydrogen) atoms. The number of carbonyl (C=O) groups excluding carboxylic acids is 1. The second-order valence-electron chi connectivity index (χ2n) is 10.7. The number of ether oxygens (including phenoxy) is 1. The zero-order valence-corrected chi connectivity index (χ0v) is 23.6. The van der Waals surface area contributed by atoms with Crippen LogP contribution in [0.3, 0.4) is 0 Å². The number of hydrogen-bond acceptors (Lipinski definition) is 2. The van der Waals surface area contributed by atoms with Crippen molar-refractivity contribution >= 4 is 5.97 Å². The van der Waals surface area contributed by atoms with Crippen LogP contribution in [0.25, 0.3) is 22.3 Å². The number of alkyl halides is 1. The van der Waals surface area contributed by atoms with Crippen molar-refractivity contribution in [3.63, 3.8) is 0 Å². The van der Waals surface area contributed by atoms with Crippen molar-refractivity contribution in [3.05, 3.63) is 78.4 Å². The summed E-state index contributed by atoms with van der Waals surface area (Å²) in [7, 11) is 0. The van der Waals surface area contributed by atoms with Crippen LogP contribution in [0, 0.1) is 0 Å². The van der Waals surface area contributed by atoms with Gasteiger partial charge in [-0.25, -0.2) is 9.18 Å². The fraction of sp³-hybridized carbons (Fsp3) is 0.457. The maximum atomic E-state index is 15.1. The molecular weight excluding hydrogens is 471 g/mol. The molecule has 204 valence electrons. The van der Waals surface area contributed by atoms with E-state index in [1.165, 1.54) is 63.0 Å². The highest BCUT2D eigenvalue weighted by Crippen LogP contribution is 2.33. The molecule has 3 aromatic carbocycles. The molecule has 0 aliphatic carbocycles. The minimum absolute atomic E-state index is 0.198. The lowest BCUT2D eigenvalue weighted by Crippen LogP contribution is -2.34. The number of rotatable bonds is 16. The van der Waals surface area contributed by atoms with Crippen molar-refractivity contribution in [2.24, 2.45) is 0 Å². The van der Waals surface area contributed by atoms with Crippen LogP contribution in [0.2, 0.25) is 0 Å². The lowest BCUT2D eigenvalue weighted by Gasteiger charge is -2.18. The SMILES string of the molecule is CCCCCCCCCCC(C)(F)C(=O)Oc1ccc(-c2ccccc2-c2ccc(CCCC)cc2)cc1. The second-order valence-corrected chi connectivity index (χ2v) is 10.7. The molecule has 0 radical (unpaired) electrons. The number of hydrogen-bond donors (Lipinski definition) is 0. The average molecular weight is 517 g/mol. The van der Waals surface area contributed by atoms with Crippen molar-refractivity contribution in [1.29, 1.82) is 0 Å². The highest BCUT2D eigenvalue weighted by atomic mass is 19.1. The number of unbranched alkanes of at least 4 members (excludes halogenated alkanes) is 8. The highest BCUT2D eigenvalue weighted by Gasteiger charge is 2.34. The van der Waals surface area contributed by atoms with Crippen molar-refractivity contribution in [2.75, 3.05) is 0 Å². The molecule has 0 heterocycles. The van der Waals surface area contributed by atoms with Crippen molar-refractivity contribution in [3.8, 4) is 28.0 Å². The van der Waals surface area contributed by atoms with Crippen LogP contribution in [-0.2, 0) is 11.2 Å².